The van der Waals surface area contributed by atoms with Crippen molar-refractivity contribution in [2.45, 2.75) is 0 Å². The topological polar surface area (TPSA) is 93.2 Å². The second-order valence-corrected chi connectivity index (χ2v) is 7.32. The smallest absolute Gasteiger partial charge is 0.229 e. The highest BCUT2D eigenvalue weighted by Gasteiger charge is 2.08. The molecule has 0 bridgehead atoms. The van der Waals surface area contributed by atoms with Crippen molar-refractivity contribution in [3.8, 4) is 17.0 Å². The molecule has 0 aliphatic rings. The molecule has 0 fully saturated rings. The lowest BCUT2D eigenvalue weighted by Gasteiger charge is -2.11. The van der Waals surface area contributed by atoms with Gasteiger partial charge in [0.1, 0.15) is 17.9 Å². The van der Waals surface area contributed by atoms with Gasteiger partial charge < -0.3 is 10.1 Å². The minimum atomic E-state index is -3.33. The molecule has 0 aliphatic carbocycles. The molecule has 0 atom stereocenters. The highest BCUT2D eigenvalue weighted by molar-refractivity contribution is 7.92. The van der Waals surface area contributed by atoms with Crippen LogP contribution in [0.25, 0.3) is 11.3 Å². The van der Waals surface area contributed by atoms with Crippen LogP contribution < -0.4 is 14.8 Å². The van der Waals surface area contributed by atoms with Crippen molar-refractivity contribution >= 4 is 27.2 Å². The number of methoxy groups -OCH3 is 1. The number of nitrogens with one attached hydrogen (secondary N) is 2. The van der Waals surface area contributed by atoms with Gasteiger partial charge in [0.15, 0.2) is 0 Å². The Balaban J connectivity index is 1.87. The van der Waals surface area contributed by atoms with Crippen LogP contribution in [-0.2, 0) is 10.0 Å². The molecule has 3 rings (SSSR count). The number of ether oxygens (including phenoxy) is 1. The van der Waals surface area contributed by atoms with E-state index < -0.39 is 10.0 Å². The van der Waals surface area contributed by atoms with Gasteiger partial charge in [0, 0.05) is 17.3 Å². The molecule has 1 heterocycles. The fourth-order valence-electron chi connectivity index (χ4n) is 2.45. The zero-order valence-corrected chi connectivity index (χ0v) is 15.1. The van der Waals surface area contributed by atoms with Crippen LogP contribution in [0, 0.1) is 0 Å². The molecule has 0 amide bonds. The molecule has 7 nitrogen and oxygen atoms in total. The average molecular weight is 370 g/mol. The summed E-state index contributed by atoms with van der Waals surface area (Å²) in [5.74, 6) is 1.30. The molecule has 8 heteroatoms. The molecule has 1 aromatic heterocycles. The third kappa shape index (κ3) is 4.48. The van der Waals surface area contributed by atoms with Crippen molar-refractivity contribution in [1.29, 1.82) is 0 Å². The van der Waals surface area contributed by atoms with E-state index in [0.29, 0.717) is 22.9 Å². The standard InChI is InChI=1S/C18H18N4O3S/c1-25-17-9-4-3-8-15(17)16-11-18(20-12-19-16)21-13-6-5-7-14(10-13)22-26(2,23)24/h3-12,22H,1-2H3,(H,19,20,21). The van der Waals surface area contributed by atoms with Crippen LogP contribution in [-0.4, -0.2) is 31.8 Å². The first kappa shape index (κ1) is 17.7. The highest BCUT2D eigenvalue weighted by Crippen LogP contribution is 2.29. The molecular weight excluding hydrogens is 352 g/mol. The quantitative estimate of drug-likeness (QED) is 0.692. The molecule has 0 saturated heterocycles. The number of sulfonamides is 1. The van der Waals surface area contributed by atoms with E-state index in [9.17, 15) is 8.42 Å². The summed E-state index contributed by atoms with van der Waals surface area (Å²) in [5.41, 5.74) is 2.73. The lowest BCUT2D eigenvalue weighted by atomic mass is 10.1. The molecule has 0 radical (unpaired) electrons. The summed E-state index contributed by atoms with van der Waals surface area (Å²) >= 11 is 0. The third-order valence-corrected chi connectivity index (χ3v) is 4.09. The molecule has 0 aliphatic heterocycles. The van der Waals surface area contributed by atoms with Crippen molar-refractivity contribution in [2.75, 3.05) is 23.4 Å². The molecule has 3 aromatic rings. The monoisotopic (exact) mass is 370 g/mol. The van der Waals surface area contributed by atoms with E-state index in [2.05, 4.69) is 20.0 Å². The van der Waals surface area contributed by atoms with Gasteiger partial charge >= 0.3 is 0 Å². The van der Waals surface area contributed by atoms with E-state index in [1.54, 1.807) is 31.4 Å². The molecule has 2 N–H and O–H groups in total. The van der Waals surface area contributed by atoms with Gasteiger partial charge in [-0.1, -0.05) is 18.2 Å². The highest BCUT2D eigenvalue weighted by atomic mass is 32.2. The number of nitrogens with zero attached hydrogens (tertiary/aromatic N) is 2. The van der Waals surface area contributed by atoms with Gasteiger partial charge in [0.05, 0.1) is 24.7 Å². The Bertz CT molecular complexity index is 1020. The Kier molecular flexibility index (Phi) is 5.04. The van der Waals surface area contributed by atoms with E-state index in [4.69, 9.17) is 4.74 Å². The average Bonchev–Trinajstić information content (AvgIpc) is 2.61. The van der Waals surface area contributed by atoms with Crippen LogP contribution in [0.5, 0.6) is 5.75 Å². The Labute approximate surface area is 152 Å². The Morgan fingerprint density at radius 3 is 2.50 bits per heavy atom. The lowest BCUT2D eigenvalue weighted by Crippen LogP contribution is -2.09. The summed E-state index contributed by atoms with van der Waals surface area (Å²) in [6, 6.07) is 16.3. The van der Waals surface area contributed by atoms with E-state index in [1.807, 2.05) is 30.3 Å². The maximum Gasteiger partial charge on any atom is 0.229 e. The van der Waals surface area contributed by atoms with Gasteiger partial charge in [-0.25, -0.2) is 18.4 Å². The summed E-state index contributed by atoms with van der Waals surface area (Å²) in [7, 11) is -1.72. The molecule has 2 aromatic carbocycles. The van der Waals surface area contributed by atoms with Gasteiger partial charge in [-0.05, 0) is 30.3 Å². The third-order valence-electron chi connectivity index (χ3n) is 3.49. The van der Waals surface area contributed by atoms with Gasteiger partial charge in [0.2, 0.25) is 10.0 Å². The number of hydrogen-bond acceptors (Lipinski definition) is 6. The normalized spacial score (nSPS) is 11.0. The SMILES string of the molecule is COc1ccccc1-c1cc(Nc2cccc(NS(C)(=O)=O)c2)ncn1. The molecule has 134 valence electrons. The minimum Gasteiger partial charge on any atom is -0.496 e. The number of anilines is 3. The summed E-state index contributed by atoms with van der Waals surface area (Å²) in [6.45, 7) is 0. The predicted octanol–water partition coefficient (Wildman–Crippen LogP) is 3.27. The Morgan fingerprint density at radius 1 is 0.962 bits per heavy atom. The van der Waals surface area contributed by atoms with Crippen molar-refractivity contribution in [2.24, 2.45) is 0 Å². The molecule has 0 spiro atoms. The number of hydrogen-bond donors (Lipinski definition) is 2. The first-order valence-electron chi connectivity index (χ1n) is 7.75. The summed E-state index contributed by atoms with van der Waals surface area (Å²) in [5, 5.41) is 3.15. The molecule has 26 heavy (non-hydrogen) atoms. The van der Waals surface area contributed by atoms with Crippen LogP contribution >= 0.6 is 0 Å². The van der Waals surface area contributed by atoms with Crippen LogP contribution in [0.3, 0.4) is 0 Å². The zero-order chi connectivity index (χ0) is 18.6. The minimum absolute atomic E-state index is 0.469. The Morgan fingerprint density at radius 2 is 1.73 bits per heavy atom. The van der Waals surface area contributed by atoms with Gasteiger partial charge in [-0.15, -0.1) is 0 Å². The number of benzene rings is 2. The van der Waals surface area contributed by atoms with E-state index in [1.165, 1.54) is 6.33 Å². The second-order valence-electron chi connectivity index (χ2n) is 5.57. The maximum absolute atomic E-state index is 11.4. The van der Waals surface area contributed by atoms with Gasteiger partial charge in [-0.3, -0.25) is 4.72 Å². The van der Waals surface area contributed by atoms with E-state index in [-0.39, 0.29) is 0 Å². The molecule has 0 saturated carbocycles. The van der Waals surface area contributed by atoms with Crippen molar-refractivity contribution in [3.63, 3.8) is 0 Å². The number of aromatic nitrogens is 2. The molecular formula is C18H18N4O3S. The Hall–Kier alpha value is -3.13. The molecule has 0 unspecified atom stereocenters. The van der Waals surface area contributed by atoms with Crippen LogP contribution in [0.4, 0.5) is 17.2 Å². The van der Waals surface area contributed by atoms with Crippen LogP contribution in [0.15, 0.2) is 60.9 Å². The number of rotatable bonds is 6. The van der Waals surface area contributed by atoms with Crippen molar-refractivity contribution in [1.82, 2.24) is 9.97 Å². The van der Waals surface area contributed by atoms with Crippen LogP contribution in [0.2, 0.25) is 0 Å². The predicted molar refractivity (Wildman–Crippen MR) is 102 cm³/mol. The largest absolute Gasteiger partial charge is 0.496 e. The van der Waals surface area contributed by atoms with Crippen molar-refractivity contribution in [3.05, 3.63) is 60.9 Å². The fourth-order valence-corrected chi connectivity index (χ4v) is 3.01. The summed E-state index contributed by atoms with van der Waals surface area (Å²) < 4.78 is 30.6. The summed E-state index contributed by atoms with van der Waals surface area (Å²) in [6.07, 6.45) is 2.57. The fraction of sp³-hybridized carbons (Fsp3) is 0.111. The number of para-hydroxylation sites is 1. The zero-order valence-electron chi connectivity index (χ0n) is 14.3. The first-order valence-corrected chi connectivity index (χ1v) is 9.64. The van der Waals surface area contributed by atoms with Gasteiger partial charge in [0.25, 0.3) is 0 Å². The van der Waals surface area contributed by atoms with Crippen LogP contribution in [0.1, 0.15) is 0 Å². The second kappa shape index (κ2) is 7.40. The van der Waals surface area contributed by atoms with E-state index in [0.717, 1.165) is 17.6 Å². The lowest BCUT2D eigenvalue weighted by molar-refractivity contribution is 0.416. The summed E-state index contributed by atoms with van der Waals surface area (Å²) in [4.78, 5) is 8.52. The van der Waals surface area contributed by atoms with E-state index >= 15 is 0 Å². The maximum atomic E-state index is 11.4. The van der Waals surface area contributed by atoms with Crippen molar-refractivity contribution < 1.29 is 13.2 Å². The first-order chi connectivity index (χ1) is 12.4. The van der Waals surface area contributed by atoms with Gasteiger partial charge in [-0.2, -0.15) is 0 Å².